The zero-order valence-electron chi connectivity index (χ0n) is 14.6. The molecule has 0 saturated heterocycles. The van der Waals surface area contributed by atoms with Gasteiger partial charge >= 0.3 is 0 Å². The number of anilines is 3. The molecule has 26 heavy (non-hydrogen) atoms. The van der Waals surface area contributed by atoms with Crippen LogP contribution in [-0.4, -0.2) is 32.5 Å². The van der Waals surface area contributed by atoms with E-state index in [2.05, 4.69) is 26.0 Å². The van der Waals surface area contributed by atoms with Crippen molar-refractivity contribution in [3.63, 3.8) is 0 Å². The van der Waals surface area contributed by atoms with E-state index in [0.717, 1.165) is 6.42 Å². The fraction of sp³-hybridized carbons (Fsp3) is 0.353. The van der Waals surface area contributed by atoms with Crippen molar-refractivity contribution < 1.29 is 14.4 Å². The first-order valence-corrected chi connectivity index (χ1v) is 8.40. The molecule has 2 heterocycles. The lowest BCUT2D eigenvalue weighted by Gasteiger charge is -2.22. The molecule has 1 atom stereocenters. The molecule has 136 valence electrons. The minimum atomic E-state index is -0.758. The largest absolute Gasteiger partial charge is 0.326 e. The van der Waals surface area contributed by atoms with Crippen LogP contribution in [0.4, 0.5) is 17.3 Å². The van der Waals surface area contributed by atoms with Crippen LogP contribution in [0.15, 0.2) is 24.3 Å². The highest BCUT2D eigenvalue weighted by Gasteiger charge is 2.33. The summed E-state index contributed by atoms with van der Waals surface area (Å²) in [5.74, 6) is 0.111. The lowest BCUT2D eigenvalue weighted by atomic mass is 10.1. The standard InChI is InChI=1S/C17H20N6O3/c1-3-4-14-20-17-21-15(25)9-13(23(17)22-14)16(26)19-12-7-5-11(6-8-12)18-10(2)24/h5-8,13H,3-4,9H2,1-2H3,(H,18,24)(H,19,26)(H,20,21,22,25)/t13-/m1/s1. The maximum Gasteiger partial charge on any atom is 0.249 e. The van der Waals surface area contributed by atoms with Crippen LogP contribution >= 0.6 is 0 Å². The Kier molecular flexibility index (Phi) is 4.97. The van der Waals surface area contributed by atoms with Crippen molar-refractivity contribution in [2.24, 2.45) is 0 Å². The van der Waals surface area contributed by atoms with Crippen LogP contribution in [-0.2, 0) is 20.8 Å². The maximum atomic E-state index is 12.7. The first kappa shape index (κ1) is 17.6. The molecule has 3 rings (SSSR count). The van der Waals surface area contributed by atoms with Gasteiger partial charge in [-0.05, 0) is 30.7 Å². The molecule has 3 amide bonds. The number of amides is 3. The number of rotatable bonds is 5. The van der Waals surface area contributed by atoms with Gasteiger partial charge in [0.25, 0.3) is 0 Å². The molecule has 3 N–H and O–H groups in total. The second-order valence-corrected chi connectivity index (χ2v) is 6.06. The molecule has 0 fully saturated rings. The number of hydrogen-bond acceptors (Lipinski definition) is 5. The zero-order valence-corrected chi connectivity index (χ0v) is 14.6. The predicted octanol–water partition coefficient (Wildman–Crippen LogP) is 1.71. The fourth-order valence-electron chi connectivity index (χ4n) is 2.71. The van der Waals surface area contributed by atoms with Crippen molar-refractivity contribution in [3.05, 3.63) is 30.1 Å². The number of fused-ring (bicyclic) bond motifs is 1. The summed E-state index contributed by atoms with van der Waals surface area (Å²) in [6.07, 6.45) is 1.54. The number of aromatic nitrogens is 3. The van der Waals surface area contributed by atoms with E-state index in [0.29, 0.717) is 29.6 Å². The average Bonchev–Trinajstić information content (AvgIpc) is 2.98. The second-order valence-electron chi connectivity index (χ2n) is 6.06. The molecule has 1 aromatic carbocycles. The van der Waals surface area contributed by atoms with E-state index >= 15 is 0 Å². The van der Waals surface area contributed by atoms with Gasteiger partial charge in [-0.15, -0.1) is 0 Å². The lowest BCUT2D eigenvalue weighted by Crippen LogP contribution is -2.36. The molecule has 9 heteroatoms. The Balaban J connectivity index is 1.75. The summed E-state index contributed by atoms with van der Waals surface area (Å²) in [5, 5.41) is 12.4. The number of carbonyl (C=O) groups is 3. The highest BCUT2D eigenvalue weighted by Crippen LogP contribution is 2.25. The normalized spacial score (nSPS) is 15.8. The Morgan fingerprint density at radius 2 is 1.88 bits per heavy atom. The van der Waals surface area contributed by atoms with Crippen molar-refractivity contribution in [2.45, 2.75) is 39.2 Å². The molecule has 0 bridgehead atoms. The molecule has 1 aliphatic heterocycles. The number of benzene rings is 1. The van der Waals surface area contributed by atoms with Crippen LogP contribution in [0.5, 0.6) is 0 Å². The van der Waals surface area contributed by atoms with E-state index in [9.17, 15) is 14.4 Å². The van der Waals surface area contributed by atoms with Crippen molar-refractivity contribution >= 4 is 35.0 Å². The monoisotopic (exact) mass is 356 g/mol. The molecular formula is C17H20N6O3. The van der Waals surface area contributed by atoms with E-state index in [-0.39, 0.29) is 24.1 Å². The second kappa shape index (κ2) is 7.34. The van der Waals surface area contributed by atoms with Gasteiger partial charge < -0.3 is 10.6 Å². The van der Waals surface area contributed by atoms with Crippen LogP contribution in [0, 0.1) is 0 Å². The molecule has 0 saturated carbocycles. The Labute approximate surface area is 150 Å². The Morgan fingerprint density at radius 1 is 1.23 bits per heavy atom. The average molecular weight is 356 g/mol. The Hall–Kier alpha value is -3.23. The summed E-state index contributed by atoms with van der Waals surface area (Å²) < 4.78 is 1.47. The number of nitrogens with one attached hydrogen (secondary N) is 3. The maximum absolute atomic E-state index is 12.7. The van der Waals surface area contributed by atoms with Crippen LogP contribution in [0.1, 0.15) is 38.6 Å². The third-order valence-corrected chi connectivity index (χ3v) is 3.85. The molecule has 1 aromatic heterocycles. The van der Waals surface area contributed by atoms with Crippen molar-refractivity contribution in [3.8, 4) is 0 Å². The van der Waals surface area contributed by atoms with Crippen LogP contribution in [0.3, 0.4) is 0 Å². The van der Waals surface area contributed by atoms with Crippen LogP contribution in [0.2, 0.25) is 0 Å². The van der Waals surface area contributed by atoms with Gasteiger partial charge in [0.2, 0.25) is 23.7 Å². The molecule has 0 spiro atoms. The first-order valence-electron chi connectivity index (χ1n) is 8.40. The van der Waals surface area contributed by atoms with E-state index in [4.69, 9.17) is 0 Å². The summed E-state index contributed by atoms with van der Waals surface area (Å²) in [6, 6.07) is 5.97. The third-order valence-electron chi connectivity index (χ3n) is 3.85. The van der Waals surface area contributed by atoms with Crippen molar-refractivity contribution in [1.29, 1.82) is 0 Å². The SMILES string of the molecule is CCCc1nc2n(n1)[C@@H](C(=O)Nc1ccc(NC(C)=O)cc1)CC(=O)N2. The van der Waals surface area contributed by atoms with Gasteiger partial charge in [0.1, 0.15) is 6.04 Å². The van der Waals surface area contributed by atoms with Crippen LogP contribution < -0.4 is 16.0 Å². The minimum absolute atomic E-state index is 0.00225. The molecule has 1 aliphatic rings. The highest BCUT2D eigenvalue weighted by atomic mass is 16.2. The van der Waals surface area contributed by atoms with Crippen molar-refractivity contribution in [2.75, 3.05) is 16.0 Å². The molecular weight excluding hydrogens is 336 g/mol. The fourth-order valence-corrected chi connectivity index (χ4v) is 2.71. The number of nitrogens with zero attached hydrogens (tertiary/aromatic N) is 3. The van der Waals surface area contributed by atoms with E-state index in [1.165, 1.54) is 11.6 Å². The van der Waals surface area contributed by atoms with Gasteiger partial charge in [0.15, 0.2) is 5.82 Å². The smallest absolute Gasteiger partial charge is 0.249 e. The van der Waals surface area contributed by atoms with Gasteiger partial charge in [0.05, 0.1) is 6.42 Å². The van der Waals surface area contributed by atoms with Crippen LogP contribution in [0.25, 0.3) is 0 Å². The van der Waals surface area contributed by atoms with E-state index in [1.54, 1.807) is 24.3 Å². The van der Waals surface area contributed by atoms with Crippen molar-refractivity contribution in [1.82, 2.24) is 14.8 Å². The highest BCUT2D eigenvalue weighted by molar-refractivity contribution is 6.00. The summed E-state index contributed by atoms with van der Waals surface area (Å²) in [7, 11) is 0. The molecule has 9 nitrogen and oxygen atoms in total. The summed E-state index contributed by atoms with van der Waals surface area (Å²) in [4.78, 5) is 39.9. The Bertz CT molecular complexity index is 843. The zero-order chi connectivity index (χ0) is 18.7. The number of carbonyl (C=O) groups excluding carboxylic acids is 3. The third kappa shape index (κ3) is 3.88. The predicted molar refractivity (Wildman–Crippen MR) is 95.7 cm³/mol. The molecule has 0 unspecified atom stereocenters. The molecule has 0 aliphatic carbocycles. The van der Waals surface area contributed by atoms with Gasteiger partial charge in [-0.1, -0.05) is 6.92 Å². The van der Waals surface area contributed by atoms with Gasteiger partial charge in [0, 0.05) is 24.7 Å². The molecule has 0 radical (unpaired) electrons. The van der Waals surface area contributed by atoms with Gasteiger partial charge in [-0.2, -0.15) is 10.1 Å². The number of hydrogen-bond donors (Lipinski definition) is 3. The quantitative estimate of drug-likeness (QED) is 0.754. The summed E-state index contributed by atoms with van der Waals surface area (Å²) >= 11 is 0. The minimum Gasteiger partial charge on any atom is -0.326 e. The van der Waals surface area contributed by atoms with Gasteiger partial charge in [-0.3, -0.25) is 19.7 Å². The molecule has 2 aromatic rings. The Morgan fingerprint density at radius 3 is 2.50 bits per heavy atom. The van der Waals surface area contributed by atoms with Gasteiger partial charge in [-0.25, -0.2) is 4.68 Å². The summed E-state index contributed by atoms with van der Waals surface area (Å²) in [6.45, 7) is 3.43. The lowest BCUT2D eigenvalue weighted by molar-refractivity contribution is -0.125. The number of aryl methyl sites for hydroxylation is 1. The first-order chi connectivity index (χ1) is 12.5. The van der Waals surface area contributed by atoms with E-state index < -0.39 is 6.04 Å². The summed E-state index contributed by atoms with van der Waals surface area (Å²) in [5.41, 5.74) is 1.20. The van der Waals surface area contributed by atoms with E-state index in [1.807, 2.05) is 6.92 Å². The topological polar surface area (TPSA) is 118 Å².